The van der Waals surface area contributed by atoms with Crippen molar-refractivity contribution in [1.29, 1.82) is 5.26 Å². The van der Waals surface area contributed by atoms with Gasteiger partial charge in [0, 0.05) is 25.2 Å². The van der Waals surface area contributed by atoms with Gasteiger partial charge in [0.05, 0.1) is 23.7 Å². The van der Waals surface area contributed by atoms with Crippen molar-refractivity contribution in [3.63, 3.8) is 0 Å². The fraction of sp³-hybridized carbons (Fsp3) is 0.607. The number of benzene rings is 1. The number of alkyl carbamates (subject to hydrolysis) is 1. The van der Waals surface area contributed by atoms with E-state index in [1.54, 1.807) is 42.7 Å². The Morgan fingerprint density at radius 3 is 2.62 bits per heavy atom. The Labute approximate surface area is 227 Å². The number of nitrogens with zero attached hydrogens (tertiary/aromatic N) is 4. The second kappa shape index (κ2) is 9.83. The first-order chi connectivity index (χ1) is 18.4. The first-order valence-electron chi connectivity index (χ1n) is 13.5. The average molecular weight is 538 g/mol. The lowest BCUT2D eigenvalue weighted by molar-refractivity contribution is -0.141. The molecule has 3 amide bonds. The van der Waals surface area contributed by atoms with Gasteiger partial charge in [-0.3, -0.25) is 14.5 Å². The standard InChI is InChI=1S/C28H35N5O6/c1-15(16-6-5-7-17(8-16)26(36)37)32-20-11-23(25(32)35)31(13-20)14-21(30-27(38)39-28(2,3)4)24(34)33-19(12-29)9-18-10-22(18)33/h5-8,15,18-23H,9-11,13-14H2,1-4H3,(H,30,38)(H,36,37)/t15-,18+,19-,20+,21-,22-,23+/m0/s1. The van der Waals surface area contributed by atoms with Crippen molar-refractivity contribution in [2.45, 2.75) is 88.8 Å². The maximum Gasteiger partial charge on any atom is 0.408 e. The molecule has 2 bridgehead atoms. The van der Waals surface area contributed by atoms with Gasteiger partial charge in [0.15, 0.2) is 0 Å². The van der Waals surface area contributed by atoms with Gasteiger partial charge in [-0.05, 0) is 70.6 Å². The van der Waals surface area contributed by atoms with E-state index in [9.17, 15) is 29.5 Å². The third-order valence-electron chi connectivity index (χ3n) is 8.26. The summed E-state index contributed by atoms with van der Waals surface area (Å²) >= 11 is 0. The van der Waals surface area contributed by atoms with Crippen molar-refractivity contribution in [3.8, 4) is 6.07 Å². The summed E-state index contributed by atoms with van der Waals surface area (Å²) in [5.41, 5.74) is 0.166. The molecule has 1 aromatic carbocycles. The topological polar surface area (TPSA) is 143 Å². The van der Waals surface area contributed by atoms with Gasteiger partial charge in [-0.1, -0.05) is 12.1 Å². The van der Waals surface area contributed by atoms with Crippen LogP contribution in [0.5, 0.6) is 0 Å². The molecule has 5 rings (SSSR count). The number of rotatable bonds is 7. The Morgan fingerprint density at radius 1 is 1.23 bits per heavy atom. The van der Waals surface area contributed by atoms with Crippen LogP contribution in [0.4, 0.5) is 4.79 Å². The Morgan fingerprint density at radius 2 is 1.97 bits per heavy atom. The van der Waals surface area contributed by atoms with Gasteiger partial charge >= 0.3 is 12.1 Å². The Hall–Kier alpha value is -3.65. The molecule has 11 heteroatoms. The summed E-state index contributed by atoms with van der Waals surface area (Å²) in [5, 5.41) is 21.7. The van der Waals surface area contributed by atoms with Crippen LogP contribution in [-0.2, 0) is 14.3 Å². The fourth-order valence-electron chi connectivity index (χ4n) is 6.43. The molecular formula is C28H35N5O6. The minimum absolute atomic E-state index is 0.0275. The molecule has 0 aromatic heterocycles. The third-order valence-corrected chi connectivity index (χ3v) is 8.26. The highest BCUT2D eigenvalue weighted by molar-refractivity contribution is 5.89. The minimum Gasteiger partial charge on any atom is -0.478 e. The first-order valence-corrected chi connectivity index (χ1v) is 13.5. The molecule has 4 fully saturated rings. The Bertz CT molecular complexity index is 1240. The molecule has 1 saturated carbocycles. The van der Waals surface area contributed by atoms with Crippen molar-refractivity contribution < 1.29 is 29.0 Å². The zero-order valence-corrected chi connectivity index (χ0v) is 22.7. The number of carboxylic acid groups (broad SMARTS) is 1. The SMILES string of the molecule is C[C@@H](c1cccc(C(=O)O)c1)N1C(=O)[C@H]2C[C@@H]1CN2C[C@H](NC(=O)OC(C)(C)C)C(=O)N1[C@H](C#N)C[C@@H]2C[C@@H]21. The number of likely N-dealkylation sites (tertiary alicyclic amines) is 3. The summed E-state index contributed by atoms with van der Waals surface area (Å²) in [6.45, 7) is 7.77. The molecule has 3 saturated heterocycles. The molecule has 1 aliphatic carbocycles. The zero-order valence-electron chi connectivity index (χ0n) is 22.7. The molecule has 39 heavy (non-hydrogen) atoms. The van der Waals surface area contributed by atoms with Crippen molar-refractivity contribution in [1.82, 2.24) is 20.0 Å². The first kappa shape index (κ1) is 26.9. The van der Waals surface area contributed by atoms with E-state index in [4.69, 9.17) is 4.74 Å². The van der Waals surface area contributed by atoms with E-state index < -0.39 is 35.8 Å². The number of piperidine rings is 1. The van der Waals surface area contributed by atoms with Crippen LogP contribution >= 0.6 is 0 Å². The number of hydrogen-bond donors (Lipinski definition) is 2. The number of carbonyl (C=O) groups is 4. The number of ether oxygens (including phenoxy) is 1. The Kier molecular flexibility index (Phi) is 6.79. The van der Waals surface area contributed by atoms with Crippen LogP contribution < -0.4 is 5.32 Å². The molecule has 1 aromatic rings. The van der Waals surface area contributed by atoms with Crippen LogP contribution in [0.2, 0.25) is 0 Å². The summed E-state index contributed by atoms with van der Waals surface area (Å²) in [4.78, 5) is 56.7. The van der Waals surface area contributed by atoms with Crippen LogP contribution in [0.3, 0.4) is 0 Å². The lowest BCUT2D eigenvalue weighted by Gasteiger charge is -2.39. The molecule has 0 unspecified atom stereocenters. The maximum absolute atomic E-state index is 13.7. The van der Waals surface area contributed by atoms with Crippen LogP contribution in [0, 0.1) is 17.2 Å². The normalized spacial score (nSPS) is 29.0. The molecule has 3 heterocycles. The quantitative estimate of drug-likeness (QED) is 0.539. The van der Waals surface area contributed by atoms with Crippen LogP contribution in [-0.4, -0.2) is 92.6 Å². The molecule has 3 aliphatic heterocycles. The van der Waals surface area contributed by atoms with Crippen LogP contribution in [0.25, 0.3) is 0 Å². The van der Waals surface area contributed by atoms with E-state index >= 15 is 0 Å². The van der Waals surface area contributed by atoms with Crippen molar-refractivity contribution in [2.75, 3.05) is 13.1 Å². The highest BCUT2D eigenvalue weighted by atomic mass is 16.6. The molecule has 4 aliphatic rings. The van der Waals surface area contributed by atoms with Crippen LogP contribution in [0.15, 0.2) is 24.3 Å². The molecule has 0 radical (unpaired) electrons. The second-order valence-electron chi connectivity index (χ2n) is 12.1. The zero-order chi connectivity index (χ0) is 28.2. The lowest BCUT2D eigenvalue weighted by Crippen LogP contribution is -2.59. The molecule has 208 valence electrons. The lowest BCUT2D eigenvalue weighted by atomic mass is 10.0. The maximum atomic E-state index is 13.7. The fourth-order valence-corrected chi connectivity index (χ4v) is 6.43. The highest BCUT2D eigenvalue weighted by Crippen LogP contribution is 2.48. The molecule has 11 nitrogen and oxygen atoms in total. The number of nitriles is 1. The predicted molar refractivity (Wildman–Crippen MR) is 138 cm³/mol. The number of nitrogens with one attached hydrogen (secondary N) is 1. The van der Waals surface area contributed by atoms with Gasteiger partial charge in [-0.25, -0.2) is 9.59 Å². The summed E-state index contributed by atoms with van der Waals surface area (Å²) in [7, 11) is 0. The predicted octanol–water partition coefficient (Wildman–Crippen LogP) is 2.14. The monoisotopic (exact) mass is 537 g/mol. The number of piperazine rings is 1. The molecular weight excluding hydrogens is 502 g/mol. The number of aromatic carboxylic acids is 1. The van der Waals surface area contributed by atoms with Crippen molar-refractivity contribution in [3.05, 3.63) is 35.4 Å². The van der Waals surface area contributed by atoms with E-state index in [0.29, 0.717) is 25.3 Å². The van der Waals surface area contributed by atoms with Crippen molar-refractivity contribution >= 4 is 23.9 Å². The van der Waals surface area contributed by atoms with E-state index in [2.05, 4.69) is 11.4 Å². The minimum atomic E-state index is -1.02. The van der Waals surface area contributed by atoms with Gasteiger partial charge in [0.25, 0.3) is 0 Å². The third kappa shape index (κ3) is 5.17. The summed E-state index contributed by atoms with van der Waals surface area (Å²) in [6.07, 6.45) is 1.38. The number of hydrogen-bond acceptors (Lipinski definition) is 7. The summed E-state index contributed by atoms with van der Waals surface area (Å²) < 4.78 is 5.42. The van der Waals surface area contributed by atoms with Crippen molar-refractivity contribution in [2.24, 2.45) is 5.92 Å². The van der Waals surface area contributed by atoms with E-state index in [1.165, 1.54) is 6.07 Å². The van der Waals surface area contributed by atoms with Crippen LogP contribution in [0.1, 0.15) is 68.9 Å². The molecule has 7 atom stereocenters. The Balaban J connectivity index is 1.31. The van der Waals surface area contributed by atoms with E-state index in [-0.39, 0.29) is 42.0 Å². The smallest absolute Gasteiger partial charge is 0.408 e. The molecule has 0 spiro atoms. The highest BCUT2D eigenvalue weighted by Gasteiger charge is 2.56. The molecule has 2 N–H and O–H groups in total. The summed E-state index contributed by atoms with van der Waals surface area (Å²) in [5.74, 6) is -1.09. The number of carboxylic acids is 1. The van der Waals surface area contributed by atoms with Gasteiger partial charge in [0.1, 0.15) is 17.7 Å². The number of fused-ring (bicyclic) bond motifs is 3. The van der Waals surface area contributed by atoms with E-state index in [0.717, 1.165) is 12.0 Å². The number of carbonyl (C=O) groups excluding carboxylic acids is 3. The van der Waals surface area contributed by atoms with Gasteiger partial charge < -0.3 is 25.0 Å². The summed E-state index contributed by atoms with van der Waals surface area (Å²) in [6, 6.07) is 6.53. The van der Waals surface area contributed by atoms with Gasteiger partial charge in [-0.2, -0.15) is 5.26 Å². The van der Waals surface area contributed by atoms with Gasteiger partial charge in [0.2, 0.25) is 11.8 Å². The average Bonchev–Trinajstić information content (AvgIpc) is 3.18. The number of amides is 3. The second-order valence-corrected chi connectivity index (χ2v) is 12.1. The largest absolute Gasteiger partial charge is 0.478 e. The van der Waals surface area contributed by atoms with Gasteiger partial charge in [-0.15, -0.1) is 0 Å². The van der Waals surface area contributed by atoms with E-state index in [1.807, 2.05) is 17.9 Å².